The number of rotatable bonds is 1. The van der Waals surface area contributed by atoms with E-state index in [0.29, 0.717) is 6.04 Å². The number of likely N-dealkylation sites (tertiary alicyclic amines) is 1. The van der Waals surface area contributed by atoms with Crippen molar-refractivity contribution in [1.29, 1.82) is 0 Å². The highest BCUT2D eigenvalue weighted by atomic mass is 15.2. The molecule has 1 aliphatic rings. The molecule has 1 atom stereocenters. The molecule has 2 heterocycles. The molecule has 0 radical (unpaired) electrons. The number of hydrogen-bond donors (Lipinski definition) is 0. The van der Waals surface area contributed by atoms with Crippen LogP contribution in [-0.2, 0) is 7.05 Å². The van der Waals surface area contributed by atoms with Crippen LogP contribution in [0.2, 0.25) is 0 Å². The number of hydrogen-bond acceptors (Lipinski definition) is 2. The summed E-state index contributed by atoms with van der Waals surface area (Å²) in [6.45, 7) is 3.31. The molecule has 2 rings (SSSR count). The average molecular weight is 179 g/mol. The van der Waals surface area contributed by atoms with Crippen LogP contribution < -0.4 is 0 Å². The van der Waals surface area contributed by atoms with E-state index < -0.39 is 0 Å². The minimum absolute atomic E-state index is 0.540. The predicted octanol–water partition coefficient (Wildman–Crippen LogP) is 1.50. The zero-order chi connectivity index (χ0) is 9.42. The van der Waals surface area contributed by atoms with E-state index in [0.717, 1.165) is 0 Å². The Labute approximate surface area is 79.4 Å². The van der Waals surface area contributed by atoms with E-state index >= 15 is 0 Å². The van der Waals surface area contributed by atoms with Crippen molar-refractivity contribution in [2.24, 2.45) is 7.05 Å². The van der Waals surface area contributed by atoms with E-state index in [1.807, 2.05) is 6.20 Å². The Kier molecular flexibility index (Phi) is 2.12. The molecule has 1 aromatic heterocycles. The smallest absolute Gasteiger partial charge is 0.126 e. The Balaban J connectivity index is 2.29. The minimum Gasteiger partial charge on any atom is -0.334 e. The van der Waals surface area contributed by atoms with Gasteiger partial charge in [-0.2, -0.15) is 0 Å². The van der Waals surface area contributed by atoms with Crippen molar-refractivity contribution in [2.75, 3.05) is 13.6 Å². The van der Waals surface area contributed by atoms with E-state index in [-0.39, 0.29) is 0 Å². The Morgan fingerprint density at radius 1 is 1.46 bits per heavy atom. The molecule has 0 N–H and O–H groups in total. The van der Waals surface area contributed by atoms with Crippen LogP contribution >= 0.6 is 0 Å². The molecule has 72 valence electrons. The number of aryl methyl sites for hydroxylation is 1. The van der Waals surface area contributed by atoms with Crippen molar-refractivity contribution >= 4 is 0 Å². The van der Waals surface area contributed by atoms with Crippen molar-refractivity contribution in [3.8, 4) is 0 Å². The van der Waals surface area contributed by atoms with E-state index in [1.54, 1.807) is 0 Å². The summed E-state index contributed by atoms with van der Waals surface area (Å²) in [6, 6.07) is 0.540. The van der Waals surface area contributed by atoms with Crippen LogP contribution in [0.5, 0.6) is 0 Å². The van der Waals surface area contributed by atoms with Gasteiger partial charge in [-0.15, -0.1) is 0 Å². The quantitative estimate of drug-likeness (QED) is 0.651. The van der Waals surface area contributed by atoms with Crippen LogP contribution in [0.25, 0.3) is 0 Å². The topological polar surface area (TPSA) is 21.1 Å². The molecule has 0 saturated carbocycles. The molecular weight excluding hydrogens is 162 g/mol. The predicted molar refractivity (Wildman–Crippen MR) is 52.6 cm³/mol. The average Bonchev–Trinajstić information content (AvgIpc) is 2.62. The SMILES string of the molecule is Cc1cnc(C2CCCN2C)n1C. The van der Waals surface area contributed by atoms with E-state index in [1.165, 1.54) is 30.9 Å². The summed E-state index contributed by atoms with van der Waals surface area (Å²) in [7, 11) is 4.28. The van der Waals surface area contributed by atoms with Gasteiger partial charge in [0.15, 0.2) is 0 Å². The zero-order valence-electron chi connectivity index (χ0n) is 8.62. The maximum Gasteiger partial charge on any atom is 0.126 e. The number of imidazole rings is 1. The Morgan fingerprint density at radius 2 is 2.23 bits per heavy atom. The second-order valence-electron chi connectivity index (χ2n) is 3.96. The standard InChI is InChI=1S/C10H17N3/c1-8-7-11-10(13(8)3)9-5-4-6-12(9)2/h7,9H,4-6H2,1-3H3. The highest BCUT2D eigenvalue weighted by Gasteiger charge is 2.25. The summed E-state index contributed by atoms with van der Waals surface area (Å²) >= 11 is 0. The lowest BCUT2D eigenvalue weighted by Gasteiger charge is -2.18. The van der Waals surface area contributed by atoms with Crippen molar-refractivity contribution in [3.05, 3.63) is 17.7 Å². The third-order valence-corrected chi connectivity index (χ3v) is 3.07. The van der Waals surface area contributed by atoms with Crippen LogP contribution in [0.1, 0.15) is 30.4 Å². The third kappa shape index (κ3) is 1.37. The van der Waals surface area contributed by atoms with E-state index in [2.05, 4.69) is 35.5 Å². The summed E-state index contributed by atoms with van der Waals surface area (Å²) in [4.78, 5) is 6.86. The van der Waals surface area contributed by atoms with Gasteiger partial charge in [0.1, 0.15) is 5.82 Å². The Bertz CT molecular complexity index is 303. The van der Waals surface area contributed by atoms with Crippen LogP contribution in [0, 0.1) is 6.92 Å². The summed E-state index contributed by atoms with van der Waals surface area (Å²) in [5, 5.41) is 0. The molecule has 0 spiro atoms. The first kappa shape index (κ1) is 8.75. The third-order valence-electron chi connectivity index (χ3n) is 3.07. The molecule has 0 aliphatic carbocycles. The Hall–Kier alpha value is -0.830. The summed E-state index contributed by atoms with van der Waals surface area (Å²) < 4.78 is 2.20. The molecule has 0 bridgehead atoms. The number of aromatic nitrogens is 2. The van der Waals surface area contributed by atoms with E-state index in [9.17, 15) is 0 Å². The molecular formula is C10H17N3. The summed E-state index contributed by atoms with van der Waals surface area (Å²) in [5.41, 5.74) is 1.25. The van der Waals surface area contributed by atoms with Gasteiger partial charge in [0.2, 0.25) is 0 Å². The molecule has 0 aromatic carbocycles. The van der Waals surface area contributed by atoms with Gasteiger partial charge in [-0.1, -0.05) is 0 Å². The molecule has 13 heavy (non-hydrogen) atoms. The van der Waals surface area contributed by atoms with Gasteiger partial charge in [-0.25, -0.2) is 4.98 Å². The van der Waals surface area contributed by atoms with Gasteiger partial charge < -0.3 is 4.57 Å². The van der Waals surface area contributed by atoms with E-state index in [4.69, 9.17) is 0 Å². The van der Waals surface area contributed by atoms with Crippen molar-refractivity contribution in [1.82, 2.24) is 14.5 Å². The lowest BCUT2D eigenvalue weighted by molar-refractivity contribution is 0.300. The lowest BCUT2D eigenvalue weighted by Crippen LogP contribution is -2.20. The molecule has 3 nitrogen and oxygen atoms in total. The Morgan fingerprint density at radius 3 is 2.69 bits per heavy atom. The van der Waals surface area contributed by atoms with Crippen LogP contribution in [0.15, 0.2) is 6.20 Å². The lowest BCUT2D eigenvalue weighted by atomic mass is 10.2. The van der Waals surface area contributed by atoms with Crippen LogP contribution in [0.4, 0.5) is 0 Å². The zero-order valence-corrected chi connectivity index (χ0v) is 8.62. The first-order valence-electron chi connectivity index (χ1n) is 4.88. The molecule has 1 aromatic rings. The number of nitrogens with zero attached hydrogens (tertiary/aromatic N) is 3. The van der Waals surface area contributed by atoms with Crippen molar-refractivity contribution in [2.45, 2.75) is 25.8 Å². The molecule has 1 saturated heterocycles. The van der Waals surface area contributed by atoms with Crippen LogP contribution in [-0.4, -0.2) is 28.0 Å². The fourth-order valence-corrected chi connectivity index (χ4v) is 2.06. The first-order valence-corrected chi connectivity index (χ1v) is 4.88. The maximum absolute atomic E-state index is 4.47. The maximum atomic E-state index is 4.47. The van der Waals surface area contributed by atoms with Gasteiger partial charge in [0.05, 0.1) is 6.04 Å². The molecule has 0 amide bonds. The van der Waals surface area contributed by atoms with Gasteiger partial charge in [0.25, 0.3) is 0 Å². The summed E-state index contributed by atoms with van der Waals surface area (Å²) in [6.07, 6.45) is 4.51. The van der Waals surface area contributed by atoms with Crippen molar-refractivity contribution in [3.63, 3.8) is 0 Å². The van der Waals surface area contributed by atoms with Crippen LogP contribution in [0.3, 0.4) is 0 Å². The fourth-order valence-electron chi connectivity index (χ4n) is 2.06. The summed E-state index contributed by atoms with van der Waals surface area (Å²) in [5.74, 6) is 1.22. The van der Waals surface area contributed by atoms with Gasteiger partial charge in [0, 0.05) is 18.9 Å². The second-order valence-corrected chi connectivity index (χ2v) is 3.96. The molecule has 3 heteroatoms. The van der Waals surface area contributed by atoms with Gasteiger partial charge in [-0.3, -0.25) is 4.90 Å². The molecule has 1 unspecified atom stereocenters. The first-order chi connectivity index (χ1) is 6.20. The highest BCUT2D eigenvalue weighted by Crippen LogP contribution is 2.29. The van der Waals surface area contributed by atoms with Gasteiger partial charge in [-0.05, 0) is 33.4 Å². The highest BCUT2D eigenvalue weighted by molar-refractivity contribution is 5.07. The minimum atomic E-state index is 0.540. The fraction of sp³-hybridized carbons (Fsp3) is 0.700. The molecule has 1 aliphatic heterocycles. The van der Waals surface area contributed by atoms with Crippen molar-refractivity contribution < 1.29 is 0 Å². The monoisotopic (exact) mass is 179 g/mol. The normalized spacial score (nSPS) is 24.1. The van der Waals surface area contributed by atoms with Gasteiger partial charge >= 0.3 is 0 Å². The largest absolute Gasteiger partial charge is 0.334 e. The second kappa shape index (κ2) is 3.14. The molecule has 1 fully saturated rings.